The van der Waals surface area contributed by atoms with E-state index in [1.807, 2.05) is 30.3 Å². The molecule has 2 aromatic carbocycles. The lowest BCUT2D eigenvalue weighted by molar-refractivity contribution is -0.119. The van der Waals surface area contributed by atoms with Crippen molar-refractivity contribution in [3.05, 3.63) is 65.7 Å². The quantitative estimate of drug-likeness (QED) is 0.594. The third kappa shape index (κ3) is 4.12. The highest BCUT2D eigenvalue weighted by atomic mass is 32.2. The lowest BCUT2D eigenvalue weighted by Gasteiger charge is -2.42. The van der Waals surface area contributed by atoms with E-state index in [1.54, 1.807) is 0 Å². The molecule has 5 nitrogen and oxygen atoms in total. The maximum atomic E-state index is 12.4. The summed E-state index contributed by atoms with van der Waals surface area (Å²) in [6.07, 6.45) is 3.48. The molecular weight excluding hydrogens is 368 g/mol. The predicted octanol–water partition coefficient (Wildman–Crippen LogP) is 4.11. The largest absolute Gasteiger partial charge is 0.354 e. The number of aromatic amines is 1. The molecule has 1 saturated carbocycles. The first-order valence-corrected chi connectivity index (χ1v) is 10.6. The number of aromatic nitrogens is 3. The van der Waals surface area contributed by atoms with Crippen LogP contribution < -0.4 is 5.32 Å². The standard InChI is InChI=1S/C22H24N4OS/c1-16-8-10-17(11-9-16)20-24-21(26-25-20)28-14-19(27)23-15-22(12-5-13-22)18-6-3-2-4-7-18/h2-4,6-11H,5,12-15H2,1H3,(H,23,27)(H,24,25,26). The van der Waals surface area contributed by atoms with Gasteiger partial charge in [0.1, 0.15) is 0 Å². The van der Waals surface area contributed by atoms with E-state index in [1.165, 1.54) is 29.3 Å². The zero-order chi connectivity index (χ0) is 19.4. The summed E-state index contributed by atoms with van der Waals surface area (Å²) in [6.45, 7) is 2.74. The highest BCUT2D eigenvalue weighted by Gasteiger charge is 2.38. The number of hydrogen-bond acceptors (Lipinski definition) is 4. The van der Waals surface area contributed by atoms with Crippen LogP contribution >= 0.6 is 11.8 Å². The summed E-state index contributed by atoms with van der Waals surface area (Å²) in [7, 11) is 0. The van der Waals surface area contributed by atoms with Crippen LogP contribution in [0.3, 0.4) is 0 Å². The summed E-state index contributed by atoms with van der Waals surface area (Å²) in [4.78, 5) is 16.8. The highest BCUT2D eigenvalue weighted by Crippen LogP contribution is 2.43. The van der Waals surface area contributed by atoms with E-state index in [0.717, 1.165) is 24.2 Å². The predicted molar refractivity (Wildman–Crippen MR) is 112 cm³/mol. The molecule has 0 unspecified atom stereocenters. The number of nitrogens with zero attached hydrogens (tertiary/aromatic N) is 2. The molecule has 1 amide bonds. The van der Waals surface area contributed by atoms with Crippen LogP contribution in [0.4, 0.5) is 0 Å². The Balaban J connectivity index is 1.30. The summed E-state index contributed by atoms with van der Waals surface area (Å²) >= 11 is 1.35. The molecule has 1 aromatic heterocycles. The topological polar surface area (TPSA) is 70.7 Å². The smallest absolute Gasteiger partial charge is 0.230 e. The molecule has 1 aliphatic rings. The molecule has 1 heterocycles. The van der Waals surface area contributed by atoms with Crippen LogP contribution in [0.25, 0.3) is 11.4 Å². The van der Waals surface area contributed by atoms with Gasteiger partial charge in [-0.2, -0.15) is 0 Å². The van der Waals surface area contributed by atoms with Gasteiger partial charge >= 0.3 is 0 Å². The number of H-pyrrole nitrogens is 1. The molecule has 0 spiro atoms. The van der Waals surface area contributed by atoms with Gasteiger partial charge in [0.25, 0.3) is 0 Å². The first-order valence-electron chi connectivity index (χ1n) is 9.59. The summed E-state index contributed by atoms with van der Waals surface area (Å²) in [5.41, 5.74) is 3.62. The first kappa shape index (κ1) is 18.7. The molecule has 0 aliphatic heterocycles. The Kier molecular flexibility index (Phi) is 5.48. The van der Waals surface area contributed by atoms with Gasteiger partial charge in [-0.15, -0.1) is 5.10 Å². The van der Waals surface area contributed by atoms with Crippen LogP contribution in [0.5, 0.6) is 0 Å². The number of hydrogen-bond donors (Lipinski definition) is 2. The van der Waals surface area contributed by atoms with Crippen LogP contribution in [0, 0.1) is 6.92 Å². The van der Waals surface area contributed by atoms with Crippen molar-refractivity contribution in [1.82, 2.24) is 20.5 Å². The van der Waals surface area contributed by atoms with Gasteiger partial charge in [0.15, 0.2) is 5.82 Å². The third-order valence-electron chi connectivity index (χ3n) is 5.44. The van der Waals surface area contributed by atoms with Crippen molar-refractivity contribution in [2.24, 2.45) is 0 Å². The van der Waals surface area contributed by atoms with E-state index in [4.69, 9.17) is 0 Å². The maximum absolute atomic E-state index is 12.4. The molecule has 6 heteroatoms. The van der Waals surface area contributed by atoms with Gasteiger partial charge in [0, 0.05) is 17.5 Å². The maximum Gasteiger partial charge on any atom is 0.230 e. The Morgan fingerprint density at radius 1 is 1.14 bits per heavy atom. The van der Waals surface area contributed by atoms with Gasteiger partial charge in [-0.25, -0.2) is 4.98 Å². The number of rotatable bonds is 7. The molecule has 0 bridgehead atoms. The summed E-state index contributed by atoms with van der Waals surface area (Å²) in [6, 6.07) is 18.6. The van der Waals surface area contributed by atoms with Gasteiger partial charge in [-0.3, -0.25) is 9.89 Å². The molecule has 1 fully saturated rings. The molecule has 1 aliphatic carbocycles. The second-order valence-corrected chi connectivity index (χ2v) is 8.34. The second-order valence-electron chi connectivity index (χ2n) is 7.40. The van der Waals surface area contributed by atoms with E-state index >= 15 is 0 Å². The van der Waals surface area contributed by atoms with E-state index in [9.17, 15) is 4.79 Å². The zero-order valence-electron chi connectivity index (χ0n) is 15.9. The summed E-state index contributed by atoms with van der Waals surface area (Å²) in [5, 5.41) is 10.9. The molecular formula is C22H24N4OS. The van der Waals surface area contributed by atoms with Crippen molar-refractivity contribution in [3.8, 4) is 11.4 Å². The van der Waals surface area contributed by atoms with Crippen molar-refractivity contribution < 1.29 is 4.79 Å². The molecule has 144 valence electrons. The minimum absolute atomic E-state index is 0.0221. The Morgan fingerprint density at radius 2 is 1.89 bits per heavy atom. The molecule has 28 heavy (non-hydrogen) atoms. The van der Waals surface area contributed by atoms with E-state index < -0.39 is 0 Å². The van der Waals surface area contributed by atoms with Crippen molar-refractivity contribution in [1.29, 1.82) is 0 Å². The molecule has 4 rings (SSSR count). The fourth-order valence-corrected chi connectivity index (χ4v) is 4.19. The van der Waals surface area contributed by atoms with Gasteiger partial charge in [-0.1, -0.05) is 78.3 Å². The third-order valence-corrected chi connectivity index (χ3v) is 6.29. The highest BCUT2D eigenvalue weighted by molar-refractivity contribution is 7.99. The molecule has 2 N–H and O–H groups in total. The lowest BCUT2D eigenvalue weighted by atomic mass is 9.64. The normalized spacial score (nSPS) is 15.0. The van der Waals surface area contributed by atoms with Crippen molar-refractivity contribution in [3.63, 3.8) is 0 Å². The molecule has 0 radical (unpaired) electrons. The number of thioether (sulfide) groups is 1. The number of carbonyl (C=O) groups is 1. The molecule has 0 atom stereocenters. The Morgan fingerprint density at radius 3 is 2.57 bits per heavy atom. The minimum Gasteiger partial charge on any atom is -0.354 e. The average molecular weight is 393 g/mol. The van der Waals surface area contributed by atoms with Crippen LogP contribution in [-0.4, -0.2) is 33.4 Å². The number of aryl methyl sites for hydroxylation is 1. The molecule has 3 aromatic rings. The van der Waals surface area contributed by atoms with Crippen molar-refractivity contribution in [2.45, 2.75) is 36.8 Å². The fourth-order valence-electron chi connectivity index (χ4n) is 3.56. The van der Waals surface area contributed by atoms with Crippen LogP contribution in [0.2, 0.25) is 0 Å². The van der Waals surface area contributed by atoms with Crippen LogP contribution in [0.15, 0.2) is 59.8 Å². The monoisotopic (exact) mass is 392 g/mol. The van der Waals surface area contributed by atoms with Gasteiger partial charge in [0.05, 0.1) is 5.75 Å². The number of benzene rings is 2. The van der Waals surface area contributed by atoms with Crippen molar-refractivity contribution >= 4 is 17.7 Å². The van der Waals surface area contributed by atoms with Crippen molar-refractivity contribution in [2.75, 3.05) is 12.3 Å². The Hall–Kier alpha value is -2.60. The van der Waals surface area contributed by atoms with E-state index in [-0.39, 0.29) is 11.3 Å². The Labute approximate surface area is 169 Å². The van der Waals surface area contributed by atoms with Gasteiger partial charge < -0.3 is 5.32 Å². The van der Waals surface area contributed by atoms with E-state index in [0.29, 0.717) is 17.5 Å². The lowest BCUT2D eigenvalue weighted by Crippen LogP contribution is -2.46. The van der Waals surface area contributed by atoms with Gasteiger partial charge in [0.2, 0.25) is 11.1 Å². The summed E-state index contributed by atoms with van der Waals surface area (Å²) in [5.74, 6) is 1.06. The number of carbonyl (C=O) groups excluding carboxylic acids is 1. The van der Waals surface area contributed by atoms with Gasteiger partial charge in [-0.05, 0) is 25.3 Å². The van der Waals surface area contributed by atoms with Crippen LogP contribution in [0.1, 0.15) is 30.4 Å². The fraction of sp³-hybridized carbons (Fsp3) is 0.318. The molecule has 0 saturated heterocycles. The number of amides is 1. The zero-order valence-corrected chi connectivity index (χ0v) is 16.8. The SMILES string of the molecule is Cc1ccc(-c2nc(SCC(=O)NCC3(c4ccccc4)CCC3)n[nH]2)cc1. The summed E-state index contributed by atoms with van der Waals surface area (Å²) < 4.78 is 0. The number of nitrogens with one attached hydrogen (secondary N) is 2. The first-order chi connectivity index (χ1) is 13.6. The second kappa shape index (κ2) is 8.19. The Bertz CT molecular complexity index is 933. The van der Waals surface area contributed by atoms with E-state index in [2.05, 4.69) is 51.7 Å². The average Bonchev–Trinajstić information content (AvgIpc) is 3.16. The minimum atomic E-state index is 0.0221. The van der Waals surface area contributed by atoms with Crippen LogP contribution in [-0.2, 0) is 10.2 Å².